The van der Waals surface area contributed by atoms with Gasteiger partial charge in [0, 0.05) is 19.0 Å². The molecule has 1 aromatic carbocycles. The number of rotatable bonds is 5. The van der Waals surface area contributed by atoms with Crippen LogP contribution in [-0.2, 0) is 19.2 Å². The minimum atomic E-state index is -0.538. The summed E-state index contributed by atoms with van der Waals surface area (Å²) in [5.74, 6) is -3.04. The molecule has 1 aromatic rings. The molecule has 0 radical (unpaired) electrons. The molecule has 0 bridgehead atoms. The second-order valence-electron chi connectivity index (χ2n) is 9.78. The van der Waals surface area contributed by atoms with E-state index in [9.17, 15) is 24.3 Å². The number of hydrogen-bond acceptors (Lipinski definition) is 5. The average molecular weight is 451 g/mol. The summed E-state index contributed by atoms with van der Waals surface area (Å²) in [7, 11) is 0. The molecule has 4 aliphatic rings. The molecule has 2 aliphatic heterocycles. The topological polar surface area (TPSA) is 95.0 Å². The smallest absolute Gasteiger partial charge is 0.234 e. The van der Waals surface area contributed by atoms with E-state index in [1.54, 1.807) is 18.2 Å². The van der Waals surface area contributed by atoms with Gasteiger partial charge in [-0.1, -0.05) is 37.6 Å². The summed E-state index contributed by atoms with van der Waals surface area (Å²) in [4.78, 5) is 55.9. The lowest BCUT2D eigenvalue weighted by Crippen LogP contribution is -2.43. The normalized spacial score (nSPS) is 33.2. The number of fused-ring (bicyclic) bond motifs is 4. The van der Waals surface area contributed by atoms with Crippen LogP contribution in [0.15, 0.2) is 35.9 Å². The van der Waals surface area contributed by atoms with Crippen LogP contribution in [0.4, 0.5) is 0 Å². The average Bonchev–Trinajstić information content (AvgIpc) is 3.18. The Kier molecular flexibility index (Phi) is 5.38. The van der Waals surface area contributed by atoms with Crippen LogP contribution in [0.5, 0.6) is 5.75 Å². The molecule has 0 aromatic heterocycles. The van der Waals surface area contributed by atoms with Crippen molar-refractivity contribution in [2.45, 2.75) is 45.4 Å². The third-order valence-electron chi connectivity index (χ3n) is 7.95. The van der Waals surface area contributed by atoms with E-state index >= 15 is 0 Å². The van der Waals surface area contributed by atoms with Gasteiger partial charge >= 0.3 is 0 Å². The van der Waals surface area contributed by atoms with Crippen molar-refractivity contribution >= 4 is 23.6 Å². The minimum Gasteiger partial charge on any atom is -0.508 e. The Morgan fingerprint density at radius 3 is 2.12 bits per heavy atom. The molecule has 1 saturated carbocycles. The predicted octanol–water partition coefficient (Wildman–Crippen LogP) is 2.85. The van der Waals surface area contributed by atoms with Crippen molar-refractivity contribution in [2.75, 3.05) is 13.1 Å². The third-order valence-corrected chi connectivity index (χ3v) is 7.95. The SMILES string of the molecule is CCCN1C(=O)C2CC=C3C(CC4C(=O)N(CCC)C(=O)C4C3c3cccc(O)c3)C2C1=O. The zero-order chi connectivity index (χ0) is 23.4. The predicted molar refractivity (Wildman–Crippen MR) is 120 cm³/mol. The number of hydrogen-bond donors (Lipinski definition) is 1. The monoisotopic (exact) mass is 450 g/mol. The Balaban J connectivity index is 1.61. The van der Waals surface area contributed by atoms with Crippen molar-refractivity contribution < 1.29 is 24.3 Å². The molecule has 6 unspecified atom stereocenters. The van der Waals surface area contributed by atoms with E-state index in [2.05, 4.69) is 0 Å². The summed E-state index contributed by atoms with van der Waals surface area (Å²) in [6.45, 7) is 4.68. The van der Waals surface area contributed by atoms with Crippen LogP contribution >= 0.6 is 0 Å². The highest BCUT2D eigenvalue weighted by Gasteiger charge is 2.61. The fourth-order valence-corrected chi connectivity index (χ4v) is 6.70. The molecule has 7 nitrogen and oxygen atoms in total. The van der Waals surface area contributed by atoms with Crippen molar-refractivity contribution in [1.82, 2.24) is 9.80 Å². The second kappa shape index (κ2) is 8.12. The number of amides is 4. The van der Waals surface area contributed by atoms with Gasteiger partial charge in [-0.05, 0) is 49.3 Å². The highest BCUT2D eigenvalue weighted by atomic mass is 16.3. The maximum atomic E-state index is 13.5. The largest absolute Gasteiger partial charge is 0.508 e. The van der Waals surface area contributed by atoms with Crippen LogP contribution < -0.4 is 0 Å². The van der Waals surface area contributed by atoms with Crippen molar-refractivity contribution in [3.8, 4) is 5.75 Å². The van der Waals surface area contributed by atoms with Gasteiger partial charge in [-0.3, -0.25) is 29.0 Å². The van der Waals surface area contributed by atoms with Gasteiger partial charge in [-0.25, -0.2) is 0 Å². The quantitative estimate of drug-likeness (QED) is 0.550. The lowest BCUT2D eigenvalue weighted by Gasteiger charge is -2.44. The number of likely N-dealkylation sites (tertiary alicyclic amines) is 2. The highest BCUT2D eigenvalue weighted by molar-refractivity contribution is 6.07. The molecular formula is C26H30N2O5. The maximum Gasteiger partial charge on any atom is 0.234 e. The molecule has 4 amide bonds. The molecular weight excluding hydrogens is 420 g/mol. The fourth-order valence-electron chi connectivity index (χ4n) is 6.70. The molecule has 5 rings (SSSR count). The molecule has 33 heavy (non-hydrogen) atoms. The van der Waals surface area contributed by atoms with E-state index in [4.69, 9.17) is 0 Å². The number of phenolic OH excluding ortho intramolecular Hbond substituents is 1. The Morgan fingerprint density at radius 1 is 0.848 bits per heavy atom. The highest BCUT2D eigenvalue weighted by Crippen LogP contribution is 2.58. The first-order chi connectivity index (χ1) is 15.9. The molecule has 1 N–H and O–H groups in total. The van der Waals surface area contributed by atoms with E-state index in [0.29, 0.717) is 38.8 Å². The summed E-state index contributed by atoms with van der Waals surface area (Å²) in [6, 6.07) is 6.86. The first-order valence-electron chi connectivity index (χ1n) is 12.1. The van der Waals surface area contributed by atoms with Crippen LogP contribution in [0.3, 0.4) is 0 Å². The van der Waals surface area contributed by atoms with E-state index < -0.39 is 23.7 Å². The van der Waals surface area contributed by atoms with Crippen LogP contribution in [0, 0.1) is 29.6 Å². The Morgan fingerprint density at radius 2 is 1.48 bits per heavy atom. The minimum absolute atomic E-state index is 0.101. The van der Waals surface area contributed by atoms with Gasteiger partial charge in [0.2, 0.25) is 23.6 Å². The third kappa shape index (κ3) is 3.15. The standard InChI is InChI=1S/C26H30N2O5/c1-3-10-27-23(30)17-9-8-16-18(21(17)25(27)32)13-19-22(26(33)28(11-4-2)24(19)31)20(16)14-6-5-7-15(29)12-14/h5-8,12,17-22,29H,3-4,9-11,13H2,1-2H3. The van der Waals surface area contributed by atoms with Crippen molar-refractivity contribution in [3.05, 3.63) is 41.5 Å². The number of imide groups is 2. The van der Waals surface area contributed by atoms with Gasteiger partial charge in [0.1, 0.15) is 5.75 Å². The molecule has 6 atom stereocenters. The number of carbonyl (C=O) groups excluding carboxylic acids is 4. The van der Waals surface area contributed by atoms with Gasteiger partial charge in [0.05, 0.1) is 23.7 Å². The van der Waals surface area contributed by atoms with Crippen molar-refractivity contribution in [2.24, 2.45) is 29.6 Å². The van der Waals surface area contributed by atoms with Gasteiger partial charge < -0.3 is 5.11 Å². The molecule has 2 saturated heterocycles. The summed E-state index contributed by atoms with van der Waals surface area (Å²) >= 11 is 0. The Bertz CT molecular complexity index is 1060. The lowest BCUT2D eigenvalue weighted by molar-refractivity contribution is -0.142. The zero-order valence-corrected chi connectivity index (χ0v) is 19.1. The molecule has 3 fully saturated rings. The van der Waals surface area contributed by atoms with Crippen LogP contribution in [0.25, 0.3) is 0 Å². The number of allylic oxidation sites excluding steroid dienone is 2. The number of aromatic hydroxyl groups is 1. The van der Waals surface area contributed by atoms with Crippen molar-refractivity contribution in [1.29, 1.82) is 0 Å². The van der Waals surface area contributed by atoms with Gasteiger partial charge in [0.25, 0.3) is 0 Å². The molecule has 174 valence electrons. The zero-order valence-electron chi connectivity index (χ0n) is 19.1. The maximum absolute atomic E-state index is 13.5. The molecule has 0 spiro atoms. The second-order valence-corrected chi connectivity index (χ2v) is 9.78. The summed E-state index contributed by atoms with van der Waals surface area (Å²) in [6.07, 6.45) is 4.31. The first kappa shape index (κ1) is 21.9. The Labute approximate surface area is 193 Å². The van der Waals surface area contributed by atoms with Crippen molar-refractivity contribution in [3.63, 3.8) is 0 Å². The van der Waals surface area contributed by atoms with Crippen LogP contribution in [-0.4, -0.2) is 51.6 Å². The molecule has 2 aliphatic carbocycles. The Hall–Kier alpha value is -2.96. The molecule has 7 heteroatoms. The van der Waals surface area contributed by atoms with E-state index in [1.807, 2.05) is 26.0 Å². The van der Waals surface area contributed by atoms with Gasteiger partial charge in [0.15, 0.2) is 0 Å². The fraction of sp³-hybridized carbons (Fsp3) is 0.538. The van der Waals surface area contributed by atoms with Crippen LogP contribution in [0.2, 0.25) is 0 Å². The number of nitrogens with zero attached hydrogens (tertiary/aromatic N) is 2. The first-order valence-corrected chi connectivity index (χ1v) is 12.1. The van der Waals surface area contributed by atoms with Crippen LogP contribution in [0.1, 0.15) is 51.0 Å². The van der Waals surface area contributed by atoms with Gasteiger partial charge in [-0.2, -0.15) is 0 Å². The summed E-state index contributed by atoms with van der Waals surface area (Å²) in [5.41, 5.74) is 1.75. The number of carbonyl (C=O) groups is 4. The van der Waals surface area contributed by atoms with E-state index in [-0.39, 0.29) is 41.2 Å². The summed E-state index contributed by atoms with van der Waals surface area (Å²) < 4.78 is 0. The van der Waals surface area contributed by atoms with Gasteiger partial charge in [-0.15, -0.1) is 0 Å². The molecule has 2 heterocycles. The number of benzene rings is 1. The number of phenols is 1. The lowest BCUT2D eigenvalue weighted by atomic mass is 9.57. The van der Waals surface area contributed by atoms with E-state index in [0.717, 1.165) is 11.1 Å². The van der Waals surface area contributed by atoms with E-state index in [1.165, 1.54) is 9.80 Å². The summed E-state index contributed by atoms with van der Waals surface area (Å²) in [5, 5.41) is 10.2.